The molecule has 2 rings (SSSR count). The molecule has 0 saturated heterocycles. The number of rotatable bonds is 4. The van der Waals surface area contributed by atoms with E-state index in [-0.39, 0.29) is 6.04 Å². The lowest BCUT2D eigenvalue weighted by Gasteiger charge is -2.19. The summed E-state index contributed by atoms with van der Waals surface area (Å²) < 4.78 is 39.0. The van der Waals surface area contributed by atoms with E-state index in [2.05, 4.69) is 10.4 Å². The second-order valence-electron chi connectivity index (χ2n) is 5.12. The van der Waals surface area contributed by atoms with Crippen LogP contribution in [0.4, 0.5) is 13.2 Å². The molecule has 1 N–H and O–H groups in total. The highest BCUT2D eigenvalue weighted by Gasteiger charge is 2.33. The predicted octanol–water partition coefficient (Wildman–Crippen LogP) is 3.48. The first-order valence-corrected chi connectivity index (χ1v) is 6.66. The van der Waals surface area contributed by atoms with Crippen molar-refractivity contribution < 1.29 is 13.2 Å². The first-order valence-electron chi connectivity index (χ1n) is 6.66. The Morgan fingerprint density at radius 3 is 2.52 bits per heavy atom. The van der Waals surface area contributed by atoms with E-state index in [9.17, 15) is 13.2 Å². The van der Waals surface area contributed by atoms with Crippen molar-refractivity contribution >= 4 is 0 Å². The third-order valence-corrected chi connectivity index (χ3v) is 3.46. The smallest absolute Gasteiger partial charge is 0.311 e. The van der Waals surface area contributed by atoms with Crippen molar-refractivity contribution in [2.24, 2.45) is 0 Å². The first-order chi connectivity index (χ1) is 9.81. The molecule has 1 atom stereocenters. The summed E-state index contributed by atoms with van der Waals surface area (Å²) in [7, 11) is 1.79. The van der Waals surface area contributed by atoms with Crippen LogP contribution < -0.4 is 5.32 Å². The van der Waals surface area contributed by atoms with E-state index in [1.807, 2.05) is 32.0 Å². The number of alkyl halides is 3. The standard InChI is InChI=1S/C15H18F3N3/c1-10-4-5-11(2)12(8-10)13(19-3)9-21-7-6-14(20-21)15(16,17)18/h4-8,13,19H,9H2,1-3H3. The Kier molecular flexibility index (Phi) is 4.37. The monoisotopic (exact) mass is 297 g/mol. The number of nitrogens with zero attached hydrogens (tertiary/aromatic N) is 2. The van der Waals surface area contributed by atoms with Gasteiger partial charge in [-0.2, -0.15) is 18.3 Å². The van der Waals surface area contributed by atoms with Gasteiger partial charge in [0.15, 0.2) is 5.69 Å². The van der Waals surface area contributed by atoms with Crippen LogP contribution in [0.2, 0.25) is 0 Å². The van der Waals surface area contributed by atoms with Crippen molar-refractivity contribution in [2.75, 3.05) is 7.05 Å². The molecule has 21 heavy (non-hydrogen) atoms. The fourth-order valence-electron chi connectivity index (χ4n) is 2.28. The Bertz CT molecular complexity index is 617. The van der Waals surface area contributed by atoms with E-state index in [0.29, 0.717) is 6.54 Å². The van der Waals surface area contributed by atoms with Crippen LogP contribution in [0.3, 0.4) is 0 Å². The molecule has 0 fully saturated rings. The van der Waals surface area contributed by atoms with Crippen molar-refractivity contribution in [2.45, 2.75) is 32.6 Å². The molecular formula is C15H18F3N3. The molecule has 0 aliphatic heterocycles. The third kappa shape index (κ3) is 3.64. The van der Waals surface area contributed by atoms with Gasteiger partial charge in [0, 0.05) is 6.20 Å². The largest absolute Gasteiger partial charge is 0.435 e. The number of aromatic nitrogens is 2. The molecule has 0 radical (unpaired) electrons. The highest BCUT2D eigenvalue weighted by atomic mass is 19.4. The summed E-state index contributed by atoms with van der Waals surface area (Å²) in [6.07, 6.45) is -3.04. The van der Waals surface area contributed by atoms with E-state index in [4.69, 9.17) is 0 Å². The van der Waals surface area contributed by atoms with E-state index >= 15 is 0 Å². The predicted molar refractivity (Wildman–Crippen MR) is 74.9 cm³/mol. The number of benzene rings is 1. The number of nitrogens with one attached hydrogen (secondary N) is 1. The molecule has 1 heterocycles. The van der Waals surface area contributed by atoms with E-state index in [0.717, 1.165) is 22.8 Å². The molecule has 0 amide bonds. The molecule has 0 spiro atoms. The average molecular weight is 297 g/mol. The summed E-state index contributed by atoms with van der Waals surface area (Å²) in [6, 6.07) is 6.98. The highest BCUT2D eigenvalue weighted by molar-refractivity contribution is 5.33. The molecular weight excluding hydrogens is 279 g/mol. The van der Waals surface area contributed by atoms with E-state index in [1.165, 1.54) is 10.9 Å². The quantitative estimate of drug-likeness (QED) is 0.936. The van der Waals surface area contributed by atoms with Crippen molar-refractivity contribution in [3.8, 4) is 0 Å². The maximum atomic E-state index is 12.6. The van der Waals surface area contributed by atoms with Gasteiger partial charge in [0.2, 0.25) is 0 Å². The maximum Gasteiger partial charge on any atom is 0.435 e. The van der Waals surface area contributed by atoms with Crippen LogP contribution >= 0.6 is 0 Å². The highest BCUT2D eigenvalue weighted by Crippen LogP contribution is 2.28. The summed E-state index contributed by atoms with van der Waals surface area (Å²) in [6.45, 7) is 4.32. The SMILES string of the molecule is CNC(Cn1ccc(C(F)(F)F)n1)c1cc(C)ccc1C. The van der Waals surface area contributed by atoms with Gasteiger partial charge in [0.1, 0.15) is 0 Å². The fraction of sp³-hybridized carbons (Fsp3) is 0.400. The summed E-state index contributed by atoms with van der Waals surface area (Å²) >= 11 is 0. The minimum atomic E-state index is -4.40. The normalized spacial score (nSPS) is 13.4. The van der Waals surface area contributed by atoms with E-state index in [1.54, 1.807) is 7.05 Å². The van der Waals surface area contributed by atoms with E-state index < -0.39 is 11.9 Å². The molecule has 0 aliphatic rings. The second kappa shape index (κ2) is 5.89. The zero-order valence-corrected chi connectivity index (χ0v) is 12.2. The van der Waals surface area contributed by atoms with Gasteiger partial charge in [0.05, 0.1) is 12.6 Å². The Hall–Kier alpha value is -1.82. The Morgan fingerprint density at radius 1 is 1.24 bits per heavy atom. The summed E-state index contributed by atoms with van der Waals surface area (Å²) in [5.41, 5.74) is 2.43. The number of hydrogen-bond donors (Lipinski definition) is 1. The number of likely N-dealkylation sites (N-methyl/N-ethyl adjacent to an activating group) is 1. The minimum Gasteiger partial charge on any atom is -0.311 e. The lowest BCUT2D eigenvalue weighted by atomic mass is 9.99. The number of halogens is 3. The molecule has 1 aromatic heterocycles. The van der Waals surface area contributed by atoms with Crippen LogP contribution in [-0.2, 0) is 12.7 Å². The fourth-order valence-corrected chi connectivity index (χ4v) is 2.28. The van der Waals surface area contributed by atoms with Crippen LogP contribution in [0.15, 0.2) is 30.5 Å². The van der Waals surface area contributed by atoms with Gasteiger partial charge in [0.25, 0.3) is 0 Å². The van der Waals surface area contributed by atoms with Crippen LogP contribution in [0.25, 0.3) is 0 Å². The van der Waals surface area contributed by atoms with Gasteiger partial charge in [-0.3, -0.25) is 4.68 Å². The molecule has 1 unspecified atom stereocenters. The van der Waals surface area contributed by atoms with Crippen LogP contribution in [0, 0.1) is 13.8 Å². The molecule has 114 valence electrons. The van der Waals surface area contributed by atoms with Crippen molar-refractivity contribution in [3.63, 3.8) is 0 Å². The first kappa shape index (κ1) is 15.6. The van der Waals surface area contributed by atoms with Gasteiger partial charge in [-0.1, -0.05) is 23.8 Å². The molecule has 6 heteroatoms. The Morgan fingerprint density at radius 2 is 1.95 bits per heavy atom. The molecule has 0 aliphatic carbocycles. The molecule has 3 nitrogen and oxygen atoms in total. The Balaban J connectivity index is 2.23. The molecule has 1 aromatic carbocycles. The van der Waals surface area contributed by atoms with Gasteiger partial charge in [-0.05, 0) is 38.1 Å². The van der Waals surface area contributed by atoms with Gasteiger partial charge in [-0.15, -0.1) is 0 Å². The number of hydrogen-bond acceptors (Lipinski definition) is 2. The zero-order chi connectivity index (χ0) is 15.6. The molecule has 0 saturated carbocycles. The van der Waals surface area contributed by atoms with Gasteiger partial charge in [-0.25, -0.2) is 0 Å². The lowest BCUT2D eigenvalue weighted by Crippen LogP contribution is -2.23. The zero-order valence-electron chi connectivity index (χ0n) is 12.2. The van der Waals surface area contributed by atoms with Crippen molar-refractivity contribution in [3.05, 3.63) is 52.8 Å². The van der Waals surface area contributed by atoms with Crippen LogP contribution in [0.1, 0.15) is 28.4 Å². The van der Waals surface area contributed by atoms with Crippen molar-refractivity contribution in [1.82, 2.24) is 15.1 Å². The van der Waals surface area contributed by atoms with Crippen LogP contribution in [0.5, 0.6) is 0 Å². The molecule has 0 bridgehead atoms. The lowest BCUT2D eigenvalue weighted by molar-refractivity contribution is -0.141. The van der Waals surface area contributed by atoms with Crippen LogP contribution in [-0.4, -0.2) is 16.8 Å². The van der Waals surface area contributed by atoms with Gasteiger partial charge < -0.3 is 5.32 Å². The number of aryl methyl sites for hydroxylation is 2. The van der Waals surface area contributed by atoms with Gasteiger partial charge >= 0.3 is 6.18 Å². The second-order valence-corrected chi connectivity index (χ2v) is 5.12. The summed E-state index contributed by atoms with van der Waals surface area (Å²) in [5.74, 6) is 0. The Labute approximate surface area is 121 Å². The maximum absolute atomic E-state index is 12.6. The summed E-state index contributed by atoms with van der Waals surface area (Å²) in [5, 5.41) is 6.74. The third-order valence-electron chi connectivity index (χ3n) is 3.46. The van der Waals surface area contributed by atoms with Crippen molar-refractivity contribution in [1.29, 1.82) is 0 Å². The topological polar surface area (TPSA) is 29.9 Å². The molecule has 2 aromatic rings. The minimum absolute atomic E-state index is 0.0918. The summed E-state index contributed by atoms with van der Waals surface area (Å²) in [4.78, 5) is 0. The average Bonchev–Trinajstić information content (AvgIpc) is 2.87.